The van der Waals surface area contributed by atoms with E-state index in [1.165, 1.54) is 12.8 Å². The van der Waals surface area contributed by atoms with E-state index in [9.17, 15) is 4.57 Å². The summed E-state index contributed by atoms with van der Waals surface area (Å²) in [5.41, 5.74) is 17.1. The highest BCUT2D eigenvalue weighted by atomic mass is 31.1. The molecule has 0 saturated carbocycles. The molecule has 6 nitrogen and oxygen atoms in total. The second kappa shape index (κ2) is 15.9. The molecule has 3 unspecified atom stereocenters. The summed E-state index contributed by atoms with van der Waals surface area (Å²) in [6, 6.07) is 0. The van der Waals surface area contributed by atoms with Crippen molar-refractivity contribution in [1.29, 1.82) is 0 Å². The van der Waals surface area contributed by atoms with Crippen LogP contribution >= 0.6 is 8.25 Å². The SMILES string of the molecule is CCCCCCO[PH](=O)OC(N)CCC(CN)CCCCN. The highest BCUT2D eigenvalue weighted by Gasteiger charge is 2.12. The van der Waals surface area contributed by atoms with Gasteiger partial charge in [0.15, 0.2) is 0 Å². The number of nitrogens with two attached hydrogens (primary N) is 3. The molecule has 0 saturated heterocycles. The van der Waals surface area contributed by atoms with E-state index in [1.807, 2.05) is 0 Å². The smallest absolute Gasteiger partial charge is 0.320 e. The fraction of sp³-hybridized carbons (Fsp3) is 1.00. The predicted octanol–water partition coefficient (Wildman–Crippen LogP) is 2.76. The molecule has 3 atom stereocenters. The lowest BCUT2D eigenvalue weighted by Crippen LogP contribution is -2.24. The molecular weight excluding hydrogens is 301 g/mol. The Bertz CT molecular complexity index is 270. The summed E-state index contributed by atoms with van der Waals surface area (Å²) in [5, 5.41) is 0. The van der Waals surface area contributed by atoms with Crippen LogP contribution in [0.4, 0.5) is 0 Å². The topological polar surface area (TPSA) is 114 Å². The number of hydrogen-bond acceptors (Lipinski definition) is 6. The molecule has 0 aromatic rings. The molecule has 0 fully saturated rings. The van der Waals surface area contributed by atoms with Crippen LogP contribution in [-0.4, -0.2) is 25.9 Å². The molecule has 6 N–H and O–H groups in total. The van der Waals surface area contributed by atoms with Crippen molar-refractivity contribution >= 4 is 8.25 Å². The molecule has 22 heavy (non-hydrogen) atoms. The van der Waals surface area contributed by atoms with E-state index in [4.69, 9.17) is 26.2 Å². The van der Waals surface area contributed by atoms with Gasteiger partial charge in [0.1, 0.15) is 6.23 Å². The third-order valence-corrected chi connectivity index (χ3v) is 4.66. The molecule has 0 rings (SSSR count). The van der Waals surface area contributed by atoms with Crippen molar-refractivity contribution in [1.82, 2.24) is 0 Å². The first-order valence-electron chi connectivity index (χ1n) is 8.63. The van der Waals surface area contributed by atoms with E-state index in [1.54, 1.807) is 0 Å². The van der Waals surface area contributed by atoms with Crippen LogP contribution in [-0.2, 0) is 13.6 Å². The second-order valence-electron chi connectivity index (χ2n) is 5.78. The normalized spacial score (nSPS) is 15.6. The lowest BCUT2D eigenvalue weighted by atomic mass is 9.96. The zero-order valence-electron chi connectivity index (χ0n) is 14.1. The van der Waals surface area contributed by atoms with Crippen LogP contribution in [0.1, 0.15) is 64.7 Å². The molecule has 0 aromatic heterocycles. The van der Waals surface area contributed by atoms with Gasteiger partial charge in [0.2, 0.25) is 0 Å². The maximum Gasteiger partial charge on any atom is 0.320 e. The van der Waals surface area contributed by atoms with E-state index >= 15 is 0 Å². The van der Waals surface area contributed by atoms with Crippen molar-refractivity contribution in [2.24, 2.45) is 23.1 Å². The first-order valence-corrected chi connectivity index (χ1v) is 9.85. The van der Waals surface area contributed by atoms with E-state index < -0.39 is 14.5 Å². The summed E-state index contributed by atoms with van der Waals surface area (Å²) >= 11 is 0. The Morgan fingerprint density at radius 2 is 1.77 bits per heavy atom. The zero-order chi connectivity index (χ0) is 16.6. The van der Waals surface area contributed by atoms with Gasteiger partial charge in [0.05, 0.1) is 6.61 Å². The van der Waals surface area contributed by atoms with Crippen LogP contribution in [0.25, 0.3) is 0 Å². The predicted molar refractivity (Wildman–Crippen MR) is 92.8 cm³/mol. The Labute approximate surface area is 136 Å². The molecule has 134 valence electrons. The average molecular weight is 337 g/mol. The van der Waals surface area contributed by atoms with Crippen molar-refractivity contribution in [3.63, 3.8) is 0 Å². The third kappa shape index (κ3) is 13.7. The Morgan fingerprint density at radius 3 is 2.41 bits per heavy atom. The first-order chi connectivity index (χ1) is 10.6. The summed E-state index contributed by atoms with van der Waals surface area (Å²) in [5.74, 6) is 0.429. The highest BCUT2D eigenvalue weighted by molar-refractivity contribution is 7.33. The molecule has 0 aliphatic rings. The van der Waals surface area contributed by atoms with Crippen LogP contribution in [0.3, 0.4) is 0 Å². The summed E-state index contributed by atoms with van der Waals surface area (Å²) in [6.07, 6.45) is 8.53. The molecule has 0 spiro atoms. The lowest BCUT2D eigenvalue weighted by Gasteiger charge is -2.17. The maximum atomic E-state index is 11.6. The number of unbranched alkanes of at least 4 members (excludes halogenated alkanes) is 4. The third-order valence-electron chi connectivity index (χ3n) is 3.72. The fourth-order valence-corrected chi connectivity index (χ4v) is 3.00. The first kappa shape index (κ1) is 22.0. The van der Waals surface area contributed by atoms with Gasteiger partial charge in [0.25, 0.3) is 0 Å². The Balaban J connectivity index is 3.68. The summed E-state index contributed by atoms with van der Waals surface area (Å²) in [7, 11) is -2.47. The second-order valence-corrected chi connectivity index (χ2v) is 6.80. The van der Waals surface area contributed by atoms with Crippen LogP contribution in [0, 0.1) is 5.92 Å². The minimum absolute atomic E-state index is 0.429. The minimum Gasteiger partial charge on any atom is -0.330 e. The van der Waals surface area contributed by atoms with Crippen molar-refractivity contribution in [2.75, 3.05) is 19.7 Å². The molecule has 7 heteroatoms. The van der Waals surface area contributed by atoms with Crippen LogP contribution < -0.4 is 17.2 Å². The molecular formula is C15H36N3O3P. The van der Waals surface area contributed by atoms with Crippen molar-refractivity contribution in [3.8, 4) is 0 Å². The minimum atomic E-state index is -2.47. The molecule has 0 aliphatic carbocycles. The molecule has 0 heterocycles. The zero-order valence-corrected chi connectivity index (χ0v) is 15.1. The van der Waals surface area contributed by atoms with Gasteiger partial charge in [-0.1, -0.05) is 32.6 Å². The molecule has 0 aromatic carbocycles. The summed E-state index contributed by atoms with van der Waals surface area (Å²) < 4.78 is 22.0. The Morgan fingerprint density at radius 1 is 1.00 bits per heavy atom. The highest BCUT2D eigenvalue weighted by Crippen LogP contribution is 2.27. The summed E-state index contributed by atoms with van der Waals surface area (Å²) in [4.78, 5) is 0. The van der Waals surface area contributed by atoms with E-state index in [2.05, 4.69) is 6.92 Å². The number of hydrogen-bond donors (Lipinski definition) is 3. The van der Waals surface area contributed by atoms with E-state index in [0.717, 1.165) is 45.1 Å². The van der Waals surface area contributed by atoms with Gasteiger partial charge in [-0.25, -0.2) is 0 Å². The standard InChI is InChI=1S/C15H36N3O3P/c1-2-3-4-7-12-20-22(19)21-15(18)10-9-14(13-17)8-5-6-11-16/h14-15,22H,2-13,16-18H2,1H3. The average Bonchev–Trinajstić information content (AvgIpc) is 2.50. The van der Waals surface area contributed by atoms with Gasteiger partial charge in [-0.2, -0.15) is 0 Å². The van der Waals surface area contributed by atoms with Gasteiger partial charge in [0, 0.05) is 0 Å². The van der Waals surface area contributed by atoms with E-state index in [-0.39, 0.29) is 0 Å². The lowest BCUT2D eigenvalue weighted by molar-refractivity contribution is 0.152. The quantitative estimate of drug-likeness (QED) is 0.227. The molecule has 0 amide bonds. The molecule has 0 bridgehead atoms. The largest absolute Gasteiger partial charge is 0.330 e. The number of rotatable bonds is 16. The van der Waals surface area contributed by atoms with Gasteiger partial charge < -0.3 is 21.7 Å². The maximum absolute atomic E-state index is 11.6. The Kier molecular flexibility index (Phi) is 15.9. The van der Waals surface area contributed by atoms with Crippen molar-refractivity contribution < 1.29 is 13.6 Å². The van der Waals surface area contributed by atoms with E-state index in [0.29, 0.717) is 25.5 Å². The van der Waals surface area contributed by atoms with Crippen molar-refractivity contribution in [2.45, 2.75) is 70.9 Å². The van der Waals surface area contributed by atoms with Gasteiger partial charge in [-0.3, -0.25) is 9.09 Å². The van der Waals surface area contributed by atoms with Gasteiger partial charge >= 0.3 is 8.25 Å². The molecule has 0 radical (unpaired) electrons. The summed E-state index contributed by atoms with van der Waals surface area (Å²) in [6.45, 7) is 3.99. The van der Waals surface area contributed by atoms with Gasteiger partial charge in [-0.05, 0) is 51.1 Å². The van der Waals surface area contributed by atoms with Gasteiger partial charge in [-0.15, -0.1) is 0 Å². The molecule has 0 aliphatic heterocycles. The van der Waals surface area contributed by atoms with Crippen LogP contribution in [0.2, 0.25) is 0 Å². The van der Waals surface area contributed by atoms with Crippen molar-refractivity contribution in [3.05, 3.63) is 0 Å². The monoisotopic (exact) mass is 337 g/mol. The fourth-order valence-electron chi connectivity index (χ4n) is 2.26. The van der Waals surface area contributed by atoms with Crippen LogP contribution in [0.5, 0.6) is 0 Å². The van der Waals surface area contributed by atoms with Crippen LogP contribution in [0.15, 0.2) is 0 Å². The Hall–Kier alpha value is 0.0300.